The number of amides is 1. The number of rotatable bonds is 8. The van der Waals surface area contributed by atoms with Crippen molar-refractivity contribution < 1.29 is 28.2 Å². The number of halogens is 2. The van der Waals surface area contributed by atoms with E-state index in [9.17, 15) is 14.0 Å². The fraction of sp³-hybridized carbons (Fsp3) is 0.556. The first-order valence-electron chi connectivity index (χ1n) is 8.29. The summed E-state index contributed by atoms with van der Waals surface area (Å²) in [6.45, 7) is 6.46. The predicted octanol–water partition coefficient (Wildman–Crippen LogP) is 3.64. The Hall–Kier alpha value is -1.58. The molecule has 1 atom stereocenters. The minimum absolute atomic E-state index is 0.0442. The highest BCUT2D eigenvalue weighted by Crippen LogP contribution is 2.21. The van der Waals surface area contributed by atoms with Crippen molar-refractivity contribution in [3.63, 3.8) is 0 Å². The molecule has 146 valence electrons. The van der Waals surface area contributed by atoms with Crippen molar-refractivity contribution in [2.24, 2.45) is 0 Å². The summed E-state index contributed by atoms with van der Waals surface area (Å²) in [6, 6.07) is 4.34. The van der Waals surface area contributed by atoms with E-state index in [0.717, 1.165) is 9.13 Å². The monoisotopic (exact) mass is 481 g/mol. The maximum atomic E-state index is 12.3. The lowest BCUT2D eigenvalue weighted by Gasteiger charge is -2.23. The van der Waals surface area contributed by atoms with Crippen LogP contribution in [0.25, 0.3) is 0 Å². The van der Waals surface area contributed by atoms with Gasteiger partial charge in [-0.15, -0.1) is 0 Å². The Balaban J connectivity index is 2.94. The van der Waals surface area contributed by atoms with Crippen LogP contribution in [0.1, 0.15) is 33.3 Å². The van der Waals surface area contributed by atoms with Crippen LogP contribution in [-0.4, -0.2) is 43.6 Å². The maximum Gasteiger partial charge on any atom is 0.408 e. The van der Waals surface area contributed by atoms with Gasteiger partial charge in [-0.05, 0) is 74.0 Å². The molecule has 1 N–H and O–H groups in total. The van der Waals surface area contributed by atoms with Crippen molar-refractivity contribution in [3.05, 3.63) is 27.3 Å². The Kier molecular flexibility index (Phi) is 9.11. The highest BCUT2D eigenvalue weighted by atomic mass is 127. The van der Waals surface area contributed by atoms with Gasteiger partial charge in [-0.1, -0.05) is 0 Å². The Labute approximate surface area is 166 Å². The van der Waals surface area contributed by atoms with E-state index in [-0.39, 0.29) is 19.6 Å². The van der Waals surface area contributed by atoms with Gasteiger partial charge in [-0.25, -0.2) is 14.0 Å². The van der Waals surface area contributed by atoms with E-state index in [1.54, 1.807) is 45.9 Å². The molecule has 0 aliphatic carbocycles. The zero-order valence-electron chi connectivity index (χ0n) is 15.4. The van der Waals surface area contributed by atoms with Crippen molar-refractivity contribution in [3.8, 4) is 5.75 Å². The molecule has 0 saturated carbocycles. The minimum atomic E-state index is -0.908. The lowest BCUT2D eigenvalue weighted by atomic mass is 10.1. The number of hydrogen-bond acceptors (Lipinski definition) is 5. The smallest absolute Gasteiger partial charge is 0.408 e. The first kappa shape index (κ1) is 22.5. The van der Waals surface area contributed by atoms with Crippen LogP contribution in [0.3, 0.4) is 0 Å². The van der Waals surface area contributed by atoms with Crippen LogP contribution in [0, 0.1) is 3.57 Å². The first-order chi connectivity index (χ1) is 12.2. The summed E-state index contributed by atoms with van der Waals surface area (Å²) in [5.41, 5.74) is 0.0914. The van der Waals surface area contributed by atoms with Gasteiger partial charge in [0.25, 0.3) is 0 Å². The summed E-state index contributed by atoms with van der Waals surface area (Å²) >= 11 is 2.12. The van der Waals surface area contributed by atoms with E-state index in [2.05, 4.69) is 27.9 Å². The second kappa shape index (κ2) is 10.5. The number of carbonyl (C=O) groups is 2. The molecule has 0 unspecified atom stereocenters. The molecule has 0 aromatic heterocycles. The SMILES string of the molecule is CCOC(=O)[C@@H](Cc1cc(OCCF)ccc1I)NC(=O)OC(C)(C)C. The van der Waals surface area contributed by atoms with Crippen molar-refractivity contribution in [1.29, 1.82) is 0 Å². The molecule has 0 fully saturated rings. The molecule has 6 nitrogen and oxygen atoms in total. The van der Waals surface area contributed by atoms with Gasteiger partial charge >= 0.3 is 12.1 Å². The Morgan fingerprint density at radius 3 is 2.58 bits per heavy atom. The maximum absolute atomic E-state index is 12.3. The predicted molar refractivity (Wildman–Crippen MR) is 104 cm³/mol. The van der Waals surface area contributed by atoms with E-state index in [0.29, 0.717) is 5.75 Å². The van der Waals surface area contributed by atoms with Crippen molar-refractivity contribution in [2.75, 3.05) is 19.9 Å². The highest BCUT2D eigenvalue weighted by Gasteiger charge is 2.26. The van der Waals surface area contributed by atoms with Crippen LogP contribution < -0.4 is 10.1 Å². The first-order valence-corrected chi connectivity index (χ1v) is 9.37. The largest absolute Gasteiger partial charge is 0.491 e. The minimum Gasteiger partial charge on any atom is -0.491 e. The topological polar surface area (TPSA) is 73.9 Å². The average molecular weight is 481 g/mol. The standard InChI is InChI=1S/C18H25FINO5/c1-5-24-16(22)15(21-17(23)26-18(2,3)4)11-12-10-13(25-9-8-19)6-7-14(12)20/h6-7,10,15H,5,8-9,11H2,1-4H3,(H,21,23)/t15-/m1/s1. The molecule has 0 aliphatic rings. The number of hydrogen-bond donors (Lipinski definition) is 1. The van der Waals surface area contributed by atoms with Gasteiger partial charge in [0.2, 0.25) is 0 Å². The number of benzene rings is 1. The number of nitrogens with one attached hydrogen (secondary N) is 1. The normalized spacial score (nSPS) is 12.2. The summed E-state index contributed by atoms with van der Waals surface area (Å²) in [4.78, 5) is 24.3. The van der Waals surface area contributed by atoms with Crippen LogP contribution in [-0.2, 0) is 20.7 Å². The molecule has 0 bridgehead atoms. The summed E-state index contributed by atoms with van der Waals surface area (Å²) in [7, 11) is 0. The molecule has 1 rings (SSSR count). The number of alkyl carbamates (subject to hydrolysis) is 1. The molecule has 0 saturated heterocycles. The molecule has 8 heteroatoms. The van der Waals surface area contributed by atoms with Gasteiger partial charge in [-0.2, -0.15) is 0 Å². The Bertz CT molecular complexity index is 618. The quantitative estimate of drug-likeness (QED) is 0.454. The molecule has 0 spiro atoms. The van der Waals surface area contributed by atoms with Crippen LogP contribution >= 0.6 is 22.6 Å². The molecule has 0 radical (unpaired) electrons. The molecule has 1 aromatic carbocycles. The summed E-state index contributed by atoms with van der Waals surface area (Å²) in [6.07, 6.45) is -0.501. The van der Waals surface area contributed by atoms with Gasteiger partial charge < -0.3 is 19.5 Å². The van der Waals surface area contributed by atoms with Crippen molar-refractivity contribution in [2.45, 2.75) is 45.8 Å². The zero-order chi connectivity index (χ0) is 19.7. The van der Waals surface area contributed by atoms with Gasteiger partial charge in [-0.3, -0.25) is 0 Å². The van der Waals surface area contributed by atoms with Gasteiger partial charge in [0.05, 0.1) is 6.61 Å². The average Bonchev–Trinajstić information content (AvgIpc) is 2.53. The molecule has 0 aliphatic heterocycles. The van der Waals surface area contributed by atoms with Gasteiger partial charge in [0.15, 0.2) is 0 Å². The van der Waals surface area contributed by atoms with E-state index in [1.165, 1.54) is 0 Å². The number of esters is 1. The third-order valence-electron chi connectivity index (χ3n) is 3.05. The fourth-order valence-corrected chi connectivity index (χ4v) is 2.62. The second-order valence-corrected chi connectivity index (χ2v) is 7.61. The zero-order valence-corrected chi connectivity index (χ0v) is 17.6. The summed E-state index contributed by atoms with van der Waals surface area (Å²) in [5.74, 6) is -0.0535. The van der Waals surface area contributed by atoms with E-state index < -0.39 is 30.4 Å². The van der Waals surface area contributed by atoms with Crippen LogP contribution in [0.15, 0.2) is 18.2 Å². The number of alkyl halides is 1. The van der Waals surface area contributed by atoms with Gasteiger partial charge in [0.1, 0.15) is 30.7 Å². The molecule has 0 heterocycles. The van der Waals surface area contributed by atoms with E-state index in [1.807, 2.05) is 0 Å². The van der Waals surface area contributed by atoms with Crippen LogP contribution in [0.5, 0.6) is 5.75 Å². The van der Waals surface area contributed by atoms with Gasteiger partial charge in [0, 0.05) is 9.99 Å². The molecular weight excluding hydrogens is 456 g/mol. The van der Waals surface area contributed by atoms with Crippen molar-refractivity contribution >= 4 is 34.7 Å². The highest BCUT2D eigenvalue weighted by molar-refractivity contribution is 14.1. The molecule has 26 heavy (non-hydrogen) atoms. The van der Waals surface area contributed by atoms with Crippen LogP contribution in [0.2, 0.25) is 0 Å². The third-order valence-corrected chi connectivity index (χ3v) is 4.10. The summed E-state index contributed by atoms with van der Waals surface area (Å²) < 4.78 is 28.7. The Morgan fingerprint density at radius 1 is 1.31 bits per heavy atom. The number of ether oxygens (including phenoxy) is 3. The van der Waals surface area contributed by atoms with Crippen LogP contribution in [0.4, 0.5) is 9.18 Å². The molecular formula is C18H25FINO5. The third kappa shape index (κ3) is 8.20. The number of carbonyl (C=O) groups excluding carboxylic acids is 2. The second-order valence-electron chi connectivity index (χ2n) is 6.45. The molecule has 1 aromatic rings. The van der Waals surface area contributed by atoms with E-state index in [4.69, 9.17) is 14.2 Å². The summed E-state index contributed by atoms with van der Waals surface area (Å²) in [5, 5.41) is 2.56. The lowest BCUT2D eigenvalue weighted by Crippen LogP contribution is -2.45. The van der Waals surface area contributed by atoms with E-state index >= 15 is 0 Å². The Morgan fingerprint density at radius 2 is 2.00 bits per heavy atom. The lowest BCUT2D eigenvalue weighted by molar-refractivity contribution is -0.145. The fourth-order valence-electron chi connectivity index (χ4n) is 2.06. The molecule has 1 amide bonds. The van der Waals surface area contributed by atoms with Crippen molar-refractivity contribution in [1.82, 2.24) is 5.32 Å².